The second-order valence-electron chi connectivity index (χ2n) is 5.20. The van der Waals surface area contributed by atoms with Gasteiger partial charge in [-0.05, 0) is 26.7 Å². The van der Waals surface area contributed by atoms with Crippen LogP contribution in [-0.2, 0) is 0 Å². The molecule has 0 radical (unpaired) electrons. The van der Waals surface area contributed by atoms with Gasteiger partial charge in [-0.2, -0.15) is 5.10 Å². The lowest BCUT2D eigenvalue weighted by Gasteiger charge is -2.21. The Labute approximate surface area is 108 Å². The summed E-state index contributed by atoms with van der Waals surface area (Å²) < 4.78 is 1.72. The third-order valence-electron chi connectivity index (χ3n) is 3.36. The van der Waals surface area contributed by atoms with E-state index in [2.05, 4.69) is 5.10 Å². The summed E-state index contributed by atoms with van der Waals surface area (Å²) in [6.07, 6.45) is 4.62. The van der Waals surface area contributed by atoms with Crippen LogP contribution in [0.5, 0.6) is 0 Å². The van der Waals surface area contributed by atoms with Crippen LogP contribution in [0, 0.1) is 0 Å². The molecule has 1 aromatic rings. The van der Waals surface area contributed by atoms with Gasteiger partial charge in [0.1, 0.15) is 11.5 Å². The normalized spacial score (nSPS) is 16.9. The zero-order valence-electron chi connectivity index (χ0n) is 11.2. The van der Waals surface area contributed by atoms with E-state index in [-0.39, 0.29) is 11.9 Å². The summed E-state index contributed by atoms with van der Waals surface area (Å²) >= 11 is 0. The van der Waals surface area contributed by atoms with Crippen molar-refractivity contribution in [3.05, 3.63) is 11.8 Å². The highest BCUT2D eigenvalue weighted by atomic mass is 16.2. The van der Waals surface area contributed by atoms with Crippen molar-refractivity contribution in [2.24, 2.45) is 0 Å². The molecule has 100 valence electrons. The minimum atomic E-state index is 0.0646. The molecule has 0 unspecified atom stereocenters. The van der Waals surface area contributed by atoms with Crippen molar-refractivity contribution >= 4 is 11.7 Å². The van der Waals surface area contributed by atoms with Gasteiger partial charge in [-0.15, -0.1) is 0 Å². The molecule has 0 atom stereocenters. The van der Waals surface area contributed by atoms with Crippen molar-refractivity contribution < 1.29 is 4.79 Å². The van der Waals surface area contributed by atoms with Crippen LogP contribution < -0.4 is 5.73 Å². The zero-order valence-corrected chi connectivity index (χ0v) is 11.2. The Balaban J connectivity index is 2.21. The van der Waals surface area contributed by atoms with Gasteiger partial charge < -0.3 is 10.6 Å². The molecule has 1 saturated heterocycles. The number of rotatable bonds is 2. The van der Waals surface area contributed by atoms with Crippen LogP contribution in [0.2, 0.25) is 0 Å². The first-order valence-corrected chi connectivity index (χ1v) is 6.74. The topological polar surface area (TPSA) is 64.2 Å². The summed E-state index contributed by atoms with van der Waals surface area (Å²) in [7, 11) is 0. The quantitative estimate of drug-likeness (QED) is 0.873. The van der Waals surface area contributed by atoms with Crippen molar-refractivity contribution in [2.75, 3.05) is 18.8 Å². The lowest BCUT2D eigenvalue weighted by Crippen LogP contribution is -2.33. The van der Waals surface area contributed by atoms with Gasteiger partial charge in [-0.25, -0.2) is 0 Å². The number of carbonyl (C=O) groups is 1. The van der Waals surface area contributed by atoms with Gasteiger partial charge in [0.15, 0.2) is 0 Å². The lowest BCUT2D eigenvalue weighted by molar-refractivity contribution is 0.0747. The van der Waals surface area contributed by atoms with Gasteiger partial charge in [0.25, 0.3) is 5.91 Å². The Bertz CT molecular complexity index is 417. The molecule has 2 rings (SSSR count). The van der Waals surface area contributed by atoms with E-state index in [0.29, 0.717) is 11.5 Å². The molecule has 1 aliphatic rings. The molecule has 1 aromatic heterocycles. The molecule has 1 aliphatic heterocycles. The second-order valence-corrected chi connectivity index (χ2v) is 5.20. The summed E-state index contributed by atoms with van der Waals surface area (Å²) in [6.45, 7) is 5.71. The van der Waals surface area contributed by atoms with E-state index >= 15 is 0 Å². The van der Waals surface area contributed by atoms with Gasteiger partial charge in [0.2, 0.25) is 0 Å². The Kier molecular flexibility index (Phi) is 3.89. The molecular weight excluding hydrogens is 228 g/mol. The predicted molar refractivity (Wildman–Crippen MR) is 71.4 cm³/mol. The third-order valence-corrected chi connectivity index (χ3v) is 3.36. The predicted octanol–water partition coefficient (Wildman–Crippen LogP) is 2.06. The van der Waals surface area contributed by atoms with Crippen LogP contribution >= 0.6 is 0 Å². The number of nitrogens with two attached hydrogens (primary N) is 1. The van der Waals surface area contributed by atoms with Crippen LogP contribution in [0.4, 0.5) is 5.82 Å². The Morgan fingerprint density at radius 3 is 2.44 bits per heavy atom. The SMILES string of the molecule is CC(C)n1nc(N)cc1C(=O)N1CCCCCC1. The van der Waals surface area contributed by atoms with E-state index in [1.807, 2.05) is 18.7 Å². The number of nitrogen functional groups attached to an aromatic ring is 1. The fraction of sp³-hybridized carbons (Fsp3) is 0.692. The maximum atomic E-state index is 12.5. The molecule has 0 bridgehead atoms. The largest absolute Gasteiger partial charge is 0.382 e. The van der Waals surface area contributed by atoms with Crippen LogP contribution in [0.25, 0.3) is 0 Å². The lowest BCUT2D eigenvalue weighted by atomic mass is 10.2. The van der Waals surface area contributed by atoms with Gasteiger partial charge in [0.05, 0.1) is 0 Å². The Hall–Kier alpha value is -1.52. The minimum Gasteiger partial charge on any atom is -0.382 e. The number of hydrogen-bond donors (Lipinski definition) is 1. The average molecular weight is 250 g/mol. The van der Waals surface area contributed by atoms with Gasteiger partial charge >= 0.3 is 0 Å². The molecule has 0 aliphatic carbocycles. The summed E-state index contributed by atoms with van der Waals surface area (Å²) in [6, 6.07) is 1.83. The molecule has 1 fully saturated rings. The maximum Gasteiger partial charge on any atom is 0.272 e. The summed E-state index contributed by atoms with van der Waals surface area (Å²) in [5, 5.41) is 4.20. The number of hydrogen-bond acceptors (Lipinski definition) is 3. The number of aromatic nitrogens is 2. The molecule has 1 amide bonds. The van der Waals surface area contributed by atoms with E-state index in [1.165, 1.54) is 12.8 Å². The molecular formula is C13H22N4O. The first-order valence-electron chi connectivity index (χ1n) is 6.74. The van der Waals surface area contributed by atoms with Crippen molar-refractivity contribution in [1.82, 2.24) is 14.7 Å². The van der Waals surface area contributed by atoms with Crippen LogP contribution in [0.15, 0.2) is 6.07 Å². The first-order chi connectivity index (χ1) is 8.59. The number of likely N-dealkylation sites (tertiary alicyclic amines) is 1. The van der Waals surface area contributed by atoms with Crippen LogP contribution in [-0.4, -0.2) is 33.7 Å². The number of anilines is 1. The molecule has 2 N–H and O–H groups in total. The molecule has 18 heavy (non-hydrogen) atoms. The number of amides is 1. The van der Waals surface area contributed by atoms with Crippen molar-refractivity contribution in [1.29, 1.82) is 0 Å². The van der Waals surface area contributed by atoms with Gasteiger partial charge in [0, 0.05) is 25.2 Å². The number of nitrogens with zero attached hydrogens (tertiary/aromatic N) is 3. The molecule has 0 saturated carbocycles. The first kappa shape index (κ1) is 12.9. The molecule has 5 nitrogen and oxygen atoms in total. The monoisotopic (exact) mass is 250 g/mol. The third kappa shape index (κ3) is 2.66. The molecule has 2 heterocycles. The van der Waals surface area contributed by atoms with E-state index in [9.17, 15) is 4.79 Å². The van der Waals surface area contributed by atoms with Crippen molar-refractivity contribution in [3.63, 3.8) is 0 Å². The smallest absolute Gasteiger partial charge is 0.272 e. The number of carbonyl (C=O) groups excluding carboxylic acids is 1. The summed E-state index contributed by atoms with van der Waals surface area (Å²) in [5.41, 5.74) is 6.33. The fourth-order valence-corrected chi connectivity index (χ4v) is 2.40. The highest BCUT2D eigenvalue weighted by molar-refractivity contribution is 5.93. The van der Waals surface area contributed by atoms with E-state index in [0.717, 1.165) is 25.9 Å². The average Bonchev–Trinajstić information content (AvgIpc) is 2.56. The molecule has 0 spiro atoms. The van der Waals surface area contributed by atoms with E-state index < -0.39 is 0 Å². The zero-order chi connectivity index (χ0) is 13.1. The second kappa shape index (κ2) is 5.42. The highest BCUT2D eigenvalue weighted by Crippen LogP contribution is 2.17. The minimum absolute atomic E-state index is 0.0646. The highest BCUT2D eigenvalue weighted by Gasteiger charge is 2.22. The van der Waals surface area contributed by atoms with Gasteiger partial charge in [-0.3, -0.25) is 9.48 Å². The Morgan fingerprint density at radius 2 is 1.89 bits per heavy atom. The molecule has 5 heteroatoms. The van der Waals surface area contributed by atoms with Crippen molar-refractivity contribution in [3.8, 4) is 0 Å². The van der Waals surface area contributed by atoms with Crippen LogP contribution in [0.3, 0.4) is 0 Å². The fourth-order valence-electron chi connectivity index (χ4n) is 2.40. The van der Waals surface area contributed by atoms with E-state index in [1.54, 1.807) is 10.7 Å². The molecule has 0 aromatic carbocycles. The summed E-state index contributed by atoms with van der Waals surface area (Å²) in [5.74, 6) is 0.483. The van der Waals surface area contributed by atoms with Crippen LogP contribution in [0.1, 0.15) is 56.1 Å². The van der Waals surface area contributed by atoms with Crippen molar-refractivity contribution in [2.45, 2.75) is 45.6 Å². The summed E-state index contributed by atoms with van der Waals surface area (Å²) in [4.78, 5) is 14.4. The maximum absolute atomic E-state index is 12.5. The van der Waals surface area contributed by atoms with Gasteiger partial charge in [-0.1, -0.05) is 12.8 Å². The van der Waals surface area contributed by atoms with E-state index in [4.69, 9.17) is 5.73 Å². The standard InChI is InChI=1S/C13H22N4O/c1-10(2)17-11(9-12(14)15-17)13(18)16-7-5-3-4-6-8-16/h9-10H,3-8H2,1-2H3,(H2,14,15). The Morgan fingerprint density at radius 1 is 1.28 bits per heavy atom.